The monoisotopic (exact) mass is 521 g/mol. The van der Waals surface area contributed by atoms with Gasteiger partial charge in [-0.15, -0.1) is 11.8 Å². The number of rotatable bonds is 9. The Balaban J connectivity index is 1.14. The SMILES string of the molecule is COc1cc(OC)nc(-c2cccc(CNCCC3CN(c4ccc5c(c4)NC(=O)CS5)C(=O)O3)c2)n1. The molecule has 0 aliphatic carbocycles. The quantitative estimate of drug-likeness (QED) is 0.407. The molecule has 0 radical (unpaired) electrons. The molecule has 5 rings (SSSR count). The van der Waals surface area contributed by atoms with E-state index in [1.807, 2.05) is 42.5 Å². The lowest BCUT2D eigenvalue weighted by Crippen LogP contribution is -2.26. The summed E-state index contributed by atoms with van der Waals surface area (Å²) >= 11 is 1.49. The fourth-order valence-electron chi connectivity index (χ4n) is 4.18. The van der Waals surface area contributed by atoms with Crippen molar-refractivity contribution in [3.8, 4) is 23.1 Å². The fourth-order valence-corrected chi connectivity index (χ4v) is 4.97. The standard InChI is InChI=1S/C26H27N5O5S/c1-34-23-12-24(35-2)30-25(29-23)17-5-3-4-16(10-17)13-27-9-8-19-14-31(26(33)36-19)18-6-7-21-20(11-18)28-22(32)15-37-21/h3-7,10-12,19,27H,8-9,13-15H2,1-2H3,(H,28,32). The number of anilines is 2. The molecule has 2 aliphatic rings. The zero-order chi connectivity index (χ0) is 25.8. The molecule has 1 aromatic heterocycles. The molecule has 1 unspecified atom stereocenters. The highest BCUT2D eigenvalue weighted by Crippen LogP contribution is 2.35. The maximum absolute atomic E-state index is 12.5. The van der Waals surface area contributed by atoms with Gasteiger partial charge < -0.3 is 24.8 Å². The van der Waals surface area contributed by atoms with Crippen LogP contribution in [0, 0.1) is 0 Å². The molecule has 1 atom stereocenters. The van der Waals surface area contributed by atoms with Crippen LogP contribution in [-0.2, 0) is 16.1 Å². The van der Waals surface area contributed by atoms with E-state index in [-0.39, 0.29) is 18.1 Å². The predicted octanol–water partition coefficient (Wildman–Crippen LogP) is 3.71. The number of cyclic esters (lactones) is 1. The highest BCUT2D eigenvalue weighted by Gasteiger charge is 2.32. The zero-order valence-corrected chi connectivity index (χ0v) is 21.3. The van der Waals surface area contributed by atoms with Gasteiger partial charge in [-0.2, -0.15) is 9.97 Å². The molecule has 2 aliphatic heterocycles. The van der Waals surface area contributed by atoms with Crippen molar-refractivity contribution in [2.24, 2.45) is 0 Å². The van der Waals surface area contributed by atoms with Crippen LogP contribution < -0.4 is 25.0 Å². The van der Waals surface area contributed by atoms with E-state index in [1.165, 1.54) is 11.8 Å². The lowest BCUT2D eigenvalue weighted by molar-refractivity contribution is -0.113. The Labute approximate surface area is 218 Å². The van der Waals surface area contributed by atoms with Crippen LogP contribution in [0.3, 0.4) is 0 Å². The highest BCUT2D eigenvalue weighted by molar-refractivity contribution is 8.00. The first-order valence-electron chi connectivity index (χ1n) is 11.8. The van der Waals surface area contributed by atoms with Gasteiger partial charge in [-0.25, -0.2) is 4.79 Å². The molecule has 11 heteroatoms. The molecule has 192 valence electrons. The van der Waals surface area contributed by atoms with Gasteiger partial charge in [-0.1, -0.05) is 18.2 Å². The number of benzene rings is 2. The van der Waals surface area contributed by atoms with Crippen LogP contribution in [0.15, 0.2) is 53.4 Å². The first-order chi connectivity index (χ1) is 18.0. The molecular weight excluding hydrogens is 494 g/mol. The van der Waals surface area contributed by atoms with Crippen molar-refractivity contribution in [2.75, 3.05) is 43.3 Å². The minimum Gasteiger partial charge on any atom is -0.481 e. The van der Waals surface area contributed by atoms with Gasteiger partial charge in [0.05, 0.1) is 38.3 Å². The summed E-state index contributed by atoms with van der Waals surface area (Å²) in [6, 6.07) is 15.2. The molecule has 2 N–H and O–H groups in total. The number of nitrogens with zero attached hydrogens (tertiary/aromatic N) is 3. The third-order valence-corrected chi connectivity index (χ3v) is 7.11. The second kappa shape index (κ2) is 11.1. The van der Waals surface area contributed by atoms with E-state index in [4.69, 9.17) is 14.2 Å². The normalized spacial score (nSPS) is 16.7. The third-order valence-electron chi connectivity index (χ3n) is 6.04. The van der Waals surface area contributed by atoms with Crippen molar-refractivity contribution in [1.29, 1.82) is 0 Å². The number of ether oxygens (including phenoxy) is 3. The van der Waals surface area contributed by atoms with Crippen molar-refractivity contribution in [3.05, 3.63) is 54.1 Å². The third kappa shape index (κ3) is 5.78. The minimum atomic E-state index is -0.374. The van der Waals surface area contributed by atoms with Crippen LogP contribution in [0.4, 0.5) is 16.2 Å². The molecule has 0 spiro atoms. The van der Waals surface area contributed by atoms with E-state index in [0.29, 0.717) is 49.4 Å². The summed E-state index contributed by atoms with van der Waals surface area (Å²) in [5.74, 6) is 1.76. The molecule has 2 aromatic carbocycles. The fraction of sp³-hybridized carbons (Fsp3) is 0.308. The summed E-state index contributed by atoms with van der Waals surface area (Å²) < 4.78 is 16.1. The van der Waals surface area contributed by atoms with E-state index in [0.717, 1.165) is 27.4 Å². The zero-order valence-electron chi connectivity index (χ0n) is 20.5. The van der Waals surface area contributed by atoms with Crippen LogP contribution in [0.5, 0.6) is 11.8 Å². The molecule has 3 aromatic rings. The first kappa shape index (κ1) is 24.8. The Kier molecular flexibility index (Phi) is 7.42. The van der Waals surface area contributed by atoms with E-state index in [2.05, 4.69) is 20.6 Å². The van der Waals surface area contributed by atoms with Gasteiger partial charge >= 0.3 is 6.09 Å². The van der Waals surface area contributed by atoms with Crippen molar-refractivity contribution in [1.82, 2.24) is 15.3 Å². The van der Waals surface area contributed by atoms with Gasteiger partial charge in [-0.3, -0.25) is 9.69 Å². The van der Waals surface area contributed by atoms with Gasteiger partial charge in [-0.05, 0) is 42.8 Å². The van der Waals surface area contributed by atoms with Crippen molar-refractivity contribution in [2.45, 2.75) is 24.0 Å². The van der Waals surface area contributed by atoms with Crippen LogP contribution in [0.2, 0.25) is 0 Å². The molecule has 3 heterocycles. The van der Waals surface area contributed by atoms with Crippen LogP contribution >= 0.6 is 11.8 Å². The number of hydrogen-bond donors (Lipinski definition) is 2. The van der Waals surface area contributed by atoms with E-state index in [9.17, 15) is 9.59 Å². The summed E-state index contributed by atoms with van der Waals surface area (Å²) in [6.45, 7) is 1.78. The van der Waals surface area contributed by atoms with Crippen molar-refractivity contribution < 1.29 is 23.8 Å². The molecule has 37 heavy (non-hydrogen) atoms. The van der Waals surface area contributed by atoms with Gasteiger partial charge in [0.2, 0.25) is 17.7 Å². The summed E-state index contributed by atoms with van der Waals surface area (Å²) in [5.41, 5.74) is 3.38. The summed E-state index contributed by atoms with van der Waals surface area (Å²) in [5, 5.41) is 6.28. The molecule has 1 saturated heterocycles. The second-order valence-electron chi connectivity index (χ2n) is 8.58. The molecule has 0 bridgehead atoms. The van der Waals surface area contributed by atoms with Crippen molar-refractivity contribution in [3.63, 3.8) is 0 Å². The predicted molar refractivity (Wildman–Crippen MR) is 140 cm³/mol. The number of carbonyl (C=O) groups is 2. The van der Waals surface area contributed by atoms with E-state index < -0.39 is 0 Å². The molecule has 0 saturated carbocycles. The Bertz CT molecular complexity index is 1300. The van der Waals surface area contributed by atoms with Gasteiger partial charge in [0, 0.05) is 22.7 Å². The lowest BCUT2D eigenvalue weighted by atomic mass is 10.1. The number of methoxy groups -OCH3 is 2. The number of aromatic nitrogens is 2. The average molecular weight is 522 g/mol. The summed E-state index contributed by atoms with van der Waals surface area (Å²) in [6.07, 6.45) is 0.0838. The Morgan fingerprint density at radius 3 is 2.70 bits per heavy atom. The lowest BCUT2D eigenvalue weighted by Gasteiger charge is -2.20. The number of carbonyl (C=O) groups excluding carboxylic acids is 2. The molecule has 10 nitrogen and oxygen atoms in total. The largest absolute Gasteiger partial charge is 0.481 e. The first-order valence-corrected chi connectivity index (χ1v) is 12.8. The Morgan fingerprint density at radius 2 is 1.92 bits per heavy atom. The van der Waals surface area contributed by atoms with Crippen molar-refractivity contribution >= 4 is 35.1 Å². The van der Waals surface area contributed by atoms with E-state index in [1.54, 1.807) is 25.2 Å². The second-order valence-corrected chi connectivity index (χ2v) is 9.59. The molecular formula is C26H27N5O5S. The number of fused-ring (bicyclic) bond motifs is 1. The molecule has 2 amide bonds. The average Bonchev–Trinajstić information content (AvgIpc) is 3.30. The Hall–Kier alpha value is -3.83. The van der Waals surface area contributed by atoms with Gasteiger partial charge in [0.15, 0.2) is 5.82 Å². The number of thioether (sulfide) groups is 1. The van der Waals surface area contributed by atoms with Crippen LogP contribution in [-0.4, -0.2) is 61.1 Å². The summed E-state index contributed by atoms with van der Waals surface area (Å²) in [7, 11) is 3.11. The minimum absolute atomic E-state index is 0.0381. The maximum Gasteiger partial charge on any atom is 0.414 e. The smallest absolute Gasteiger partial charge is 0.414 e. The number of hydrogen-bond acceptors (Lipinski definition) is 9. The molecule has 1 fully saturated rings. The number of nitrogens with one attached hydrogen (secondary N) is 2. The van der Waals surface area contributed by atoms with Gasteiger partial charge in [0.25, 0.3) is 0 Å². The highest BCUT2D eigenvalue weighted by atomic mass is 32.2. The van der Waals surface area contributed by atoms with Crippen LogP contribution in [0.1, 0.15) is 12.0 Å². The Morgan fingerprint density at radius 1 is 1.11 bits per heavy atom. The van der Waals surface area contributed by atoms with Crippen LogP contribution in [0.25, 0.3) is 11.4 Å². The number of amides is 2. The van der Waals surface area contributed by atoms with E-state index >= 15 is 0 Å². The summed E-state index contributed by atoms with van der Waals surface area (Å²) in [4.78, 5) is 35.7. The van der Waals surface area contributed by atoms with Gasteiger partial charge in [0.1, 0.15) is 6.10 Å². The maximum atomic E-state index is 12.5. The topological polar surface area (TPSA) is 115 Å².